The molecule has 26 heavy (non-hydrogen) atoms. The maximum atomic E-state index is 13.2. The highest BCUT2D eigenvalue weighted by atomic mass is 19.2. The summed E-state index contributed by atoms with van der Waals surface area (Å²) in [4.78, 5) is 13.9. The summed E-state index contributed by atoms with van der Waals surface area (Å²) in [5, 5.41) is 0. The summed E-state index contributed by atoms with van der Waals surface area (Å²) in [6.07, 6.45) is 0. The number of carbonyl (C=O) groups excluding carboxylic acids is 1. The van der Waals surface area contributed by atoms with Crippen molar-refractivity contribution in [2.24, 2.45) is 0 Å². The summed E-state index contributed by atoms with van der Waals surface area (Å²) < 4.78 is 41.8. The quantitative estimate of drug-likeness (QED) is 0.719. The highest BCUT2D eigenvalue weighted by molar-refractivity contribution is 5.77. The van der Waals surface area contributed by atoms with Crippen LogP contribution in [0.25, 0.3) is 0 Å². The maximum absolute atomic E-state index is 13.2. The van der Waals surface area contributed by atoms with Crippen molar-refractivity contribution in [2.45, 2.75) is 13.5 Å². The number of hydrogen-bond donors (Lipinski definition) is 0. The smallest absolute Gasteiger partial charge is 0.260 e. The fourth-order valence-electron chi connectivity index (χ4n) is 2.38. The van der Waals surface area contributed by atoms with Crippen molar-refractivity contribution in [3.8, 4) is 17.2 Å². The van der Waals surface area contributed by atoms with Crippen LogP contribution >= 0.6 is 0 Å². The minimum Gasteiger partial charge on any atom is -0.493 e. The second-order valence-electron chi connectivity index (χ2n) is 5.46. The second kappa shape index (κ2) is 9.03. The Balaban J connectivity index is 2.00. The second-order valence-corrected chi connectivity index (χ2v) is 5.46. The third kappa shape index (κ3) is 4.84. The van der Waals surface area contributed by atoms with E-state index in [4.69, 9.17) is 14.2 Å². The molecule has 140 valence electrons. The van der Waals surface area contributed by atoms with Crippen molar-refractivity contribution in [1.29, 1.82) is 0 Å². The highest BCUT2D eigenvalue weighted by Gasteiger charge is 2.15. The van der Waals surface area contributed by atoms with Crippen molar-refractivity contribution < 1.29 is 27.8 Å². The van der Waals surface area contributed by atoms with Gasteiger partial charge in [-0.2, -0.15) is 0 Å². The van der Waals surface area contributed by atoms with Crippen LogP contribution in [-0.2, 0) is 11.3 Å². The molecule has 0 radical (unpaired) electrons. The first-order valence-corrected chi connectivity index (χ1v) is 8.05. The van der Waals surface area contributed by atoms with E-state index in [1.807, 2.05) is 13.0 Å². The van der Waals surface area contributed by atoms with E-state index >= 15 is 0 Å². The monoisotopic (exact) mass is 365 g/mol. The Morgan fingerprint density at radius 2 is 1.73 bits per heavy atom. The number of likely N-dealkylation sites (N-methyl/N-ethyl adjacent to an activating group) is 1. The minimum atomic E-state index is -1.02. The Bertz CT molecular complexity index is 767. The number of benzene rings is 2. The first-order chi connectivity index (χ1) is 12.5. The SMILES string of the molecule is CCN(Cc1ccc(OC)c(OC)c1)C(=O)COc1ccc(F)c(F)c1. The van der Waals surface area contributed by atoms with Crippen LogP contribution in [0.3, 0.4) is 0 Å². The van der Waals surface area contributed by atoms with Crippen LogP contribution in [0, 0.1) is 11.6 Å². The van der Waals surface area contributed by atoms with E-state index in [9.17, 15) is 13.6 Å². The van der Waals surface area contributed by atoms with E-state index in [1.54, 1.807) is 31.3 Å². The molecule has 2 aromatic rings. The molecule has 2 rings (SSSR count). The molecule has 0 fully saturated rings. The van der Waals surface area contributed by atoms with Gasteiger partial charge in [-0.05, 0) is 36.8 Å². The molecule has 0 N–H and O–H groups in total. The van der Waals surface area contributed by atoms with Gasteiger partial charge in [0, 0.05) is 19.2 Å². The predicted octanol–water partition coefficient (Wildman–Crippen LogP) is 3.41. The summed E-state index contributed by atoms with van der Waals surface area (Å²) in [7, 11) is 3.09. The number of ether oxygens (including phenoxy) is 3. The molecule has 0 atom stereocenters. The zero-order valence-corrected chi connectivity index (χ0v) is 14.9. The largest absolute Gasteiger partial charge is 0.493 e. The lowest BCUT2D eigenvalue weighted by atomic mass is 10.2. The van der Waals surface area contributed by atoms with Gasteiger partial charge >= 0.3 is 0 Å². The van der Waals surface area contributed by atoms with Crippen molar-refractivity contribution >= 4 is 5.91 Å². The van der Waals surface area contributed by atoms with Gasteiger partial charge in [-0.3, -0.25) is 4.79 Å². The lowest BCUT2D eigenvalue weighted by molar-refractivity contribution is -0.133. The number of carbonyl (C=O) groups is 1. The average molecular weight is 365 g/mol. The van der Waals surface area contributed by atoms with Gasteiger partial charge in [0.1, 0.15) is 5.75 Å². The Morgan fingerprint density at radius 1 is 1.00 bits per heavy atom. The average Bonchev–Trinajstić information content (AvgIpc) is 2.66. The highest BCUT2D eigenvalue weighted by Crippen LogP contribution is 2.28. The molecule has 0 aliphatic rings. The summed E-state index contributed by atoms with van der Waals surface area (Å²) in [6.45, 7) is 2.40. The normalized spacial score (nSPS) is 10.3. The Labute approximate surface area is 151 Å². The number of methoxy groups -OCH3 is 2. The lowest BCUT2D eigenvalue weighted by Crippen LogP contribution is -2.34. The van der Waals surface area contributed by atoms with Gasteiger partial charge in [-0.15, -0.1) is 0 Å². The summed E-state index contributed by atoms with van der Waals surface area (Å²) in [5.41, 5.74) is 0.866. The molecule has 0 aliphatic heterocycles. The van der Waals surface area contributed by atoms with Crippen LogP contribution < -0.4 is 14.2 Å². The topological polar surface area (TPSA) is 48.0 Å². The van der Waals surface area contributed by atoms with Crippen LogP contribution in [0.2, 0.25) is 0 Å². The first-order valence-electron chi connectivity index (χ1n) is 8.05. The van der Waals surface area contributed by atoms with Gasteiger partial charge < -0.3 is 19.1 Å². The van der Waals surface area contributed by atoms with Gasteiger partial charge in [0.25, 0.3) is 5.91 Å². The predicted molar refractivity (Wildman–Crippen MR) is 92.5 cm³/mol. The van der Waals surface area contributed by atoms with E-state index in [-0.39, 0.29) is 18.3 Å². The molecule has 0 bridgehead atoms. The number of nitrogens with zero attached hydrogens (tertiary/aromatic N) is 1. The van der Waals surface area contributed by atoms with Crippen molar-refractivity contribution in [1.82, 2.24) is 4.90 Å². The van der Waals surface area contributed by atoms with Crippen molar-refractivity contribution in [3.05, 3.63) is 53.6 Å². The molecule has 0 saturated carbocycles. The van der Waals surface area contributed by atoms with Crippen LogP contribution in [0.1, 0.15) is 12.5 Å². The fraction of sp³-hybridized carbons (Fsp3) is 0.316. The molecular formula is C19H21F2NO4. The van der Waals surface area contributed by atoms with Gasteiger partial charge in [-0.25, -0.2) is 8.78 Å². The Morgan fingerprint density at radius 3 is 2.35 bits per heavy atom. The van der Waals surface area contributed by atoms with E-state index < -0.39 is 11.6 Å². The molecule has 0 spiro atoms. The molecule has 0 heterocycles. The molecule has 0 unspecified atom stereocenters. The van der Waals surface area contributed by atoms with Crippen LogP contribution in [0.5, 0.6) is 17.2 Å². The first kappa shape index (κ1) is 19.5. The number of amides is 1. The van der Waals surface area contributed by atoms with Crippen LogP contribution in [-0.4, -0.2) is 38.2 Å². The molecule has 0 aromatic heterocycles. The van der Waals surface area contributed by atoms with Gasteiger partial charge in [0.05, 0.1) is 14.2 Å². The lowest BCUT2D eigenvalue weighted by Gasteiger charge is -2.21. The standard InChI is InChI=1S/C19H21F2NO4/c1-4-22(11-13-5-8-17(24-2)18(9-13)25-3)19(23)12-26-14-6-7-15(20)16(21)10-14/h5-10H,4,11-12H2,1-3H3. The summed E-state index contributed by atoms with van der Waals surface area (Å²) >= 11 is 0. The number of rotatable bonds is 8. The Hall–Kier alpha value is -2.83. The zero-order chi connectivity index (χ0) is 19.1. The van der Waals surface area contributed by atoms with Crippen LogP contribution in [0.4, 0.5) is 8.78 Å². The van der Waals surface area contributed by atoms with E-state index in [2.05, 4.69) is 0 Å². The molecule has 2 aromatic carbocycles. The zero-order valence-electron chi connectivity index (χ0n) is 14.9. The van der Waals surface area contributed by atoms with E-state index in [1.165, 1.54) is 6.07 Å². The Kier molecular flexibility index (Phi) is 6.77. The van der Waals surface area contributed by atoms with Gasteiger partial charge in [0.2, 0.25) is 0 Å². The van der Waals surface area contributed by atoms with Crippen molar-refractivity contribution in [3.63, 3.8) is 0 Å². The van der Waals surface area contributed by atoms with Crippen molar-refractivity contribution in [2.75, 3.05) is 27.4 Å². The fourth-order valence-corrected chi connectivity index (χ4v) is 2.38. The van der Waals surface area contributed by atoms with Gasteiger partial charge in [-0.1, -0.05) is 6.07 Å². The van der Waals surface area contributed by atoms with E-state index in [0.717, 1.165) is 17.7 Å². The third-order valence-corrected chi connectivity index (χ3v) is 3.81. The summed E-state index contributed by atoms with van der Waals surface area (Å²) in [5.74, 6) is -0.981. The minimum absolute atomic E-state index is 0.0967. The van der Waals surface area contributed by atoms with Crippen LogP contribution in [0.15, 0.2) is 36.4 Å². The van der Waals surface area contributed by atoms with E-state index in [0.29, 0.717) is 24.6 Å². The van der Waals surface area contributed by atoms with Gasteiger partial charge in [0.15, 0.2) is 29.7 Å². The molecule has 5 nitrogen and oxygen atoms in total. The number of hydrogen-bond acceptors (Lipinski definition) is 4. The summed E-state index contributed by atoms with van der Waals surface area (Å²) in [6, 6.07) is 8.54. The number of halogens is 2. The molecule has 7 heteroatoms. The molecule has 0 saturated heterocycles. The maximum Gasteiger partial charge on any atom is 0.260 e. The molecule has 0 aliphatic carbocycles. The molecule has 1 amide bonds. The third-order valence-electron chi connectivity index (χ3n) is 3.81. The molecular weight excluding hydrogens is 344 g/mol.